The van der Waals surface area contributed by atoms with Gasteiger partial charge in [-0.25, -0.2) is 0 Å². The Morgan fingerprint density at radius 1 is 0.656 bits per heavy atom. The Morgan fingerprint density at radius 3 is 1.84 bits per heavy atom. The van der Waals surface area contributed by atoms with Crippen molar-refractivity contribution in [2.75, 3.05) is 0 Å². The molecule has 0 unspecified atom stereocenters. The van der Waals surface area contributed by atoms with Crippen molar-refractivity contribution in [3.8, 4) is 16.9 Å². The molecule has 2 aromatic rings. The normalized spacial score (nSPS) is 16.4. The Kier molecular flexibility index (Phi) is 10.3. The van der Waals surface area contributed by atoms with Crippen molar-refractivity contribution in [2.24, 2.45) is 0 Å². The maximum Gasteiger partial charge on any atom is 0.311 e. The summed E-state index contributed by atoms with van der Waals surface area (Å²) in [5.41, 5.74) is 1.84. The van der Waals surface area contributed by atoms with Crippen molar-refractivity contribution >= 4 is 11.9 Å². The van der Waals surface area contributed by atoms with Crippen LogP contribution in [0.4, 0.5) is 0 Å². The van der Waals surface area contributed by atoms with Crippen LogP contribution in [0.1, 0.15) is 83.5 Å². The molecule has 2 aromatic carbocycles. The van der Waals surface area contributed by atoms with Gasteiger partial charge in [-0.15, -0.1) is 0 Å². The van der Waals surface area contributed by atoms with E-state index >= 15 is 0 Å². The van der Waals surface area contributed by atoms with Gasteiger partial charge in [0, 0.05) is 5.56 Å². The molecule has 0 N–H and O–H groups in total. The van der Waals surface area contributed by atoms with E-state index in [-0.39, 0.29) is 24.9 Å². The maximum atomic E-state index is 12.4. The third-order valence-corrected chi connectivity index (χ3v) is 6.08. The molecular weight excluding hydrogens is 400 g/mol. The summed E-state index contributed by atoms with van der Waals surface area (Å²) in [6.45, 7) is 0. The Labute approximate surface area is 192 Å². The van der Waals surface area contributed by atoms with E-state index in [2.05, 4.69) is 0 Å². The molecule has 1 aliphatic carbocycles. The zero-order valence-corrected chi connectivity index (χ0v) is 19.1. The minimum atomic E-state index is -0.413. The molecule has 4 heteroatoms. The van der Waals surface area contributed by atoms with Crippen LogP contribution in [-0.4, -0.2) is 18.0 Å². The van der Waals surface area contributed by atoms with Crippen LogP contribution in [0.2, 0.25) is 0 Å². The molecule has 1 fully saturated rings. The monoisotopic (exact) mass is 436 g/mol. The largest absolute Gasteiger partial charge is 0.462 e. The fourth-order valence-electron chi connectivity index (χ4n) is 4.28. The molecule has 4 nitrogen and oxygen atoms in total. The Morgan fingerprint density at radius 2 is 1.19 bits per heavy atom. The predicted molar refractivity (Wildman–Crippen MR) is 127 cm³/mol. The van der Waals surface area contributed by atoms with Crippen LogP contribution in [0.25, 0.3) is 11.1 Å². The van der Waals surface area contributed by atoms with E-state index in [0.717, 1.165) is 36.8 Å². The third-order valence-electron chi connectivity index (χ3n) is 6.08. The van der Waals surface area contributed by atoms with E-state index in [4.69, 9.17) is 9.47 Å². The molecule has 0 radical (unpaired) electrons. The number of ether oxygens (including phenoxy) is 2. The van der Waals surface area contributed by atoms with E-state index in [1.807, 2.05) is 48.5 Å². The fourth-order valence-corrected chi connectivity index (χ4v) is 4.28. The summed E-state index contributed by atoms with van der Waals surface area (Å²) in [6.07, 6.45) is 13.1. The zero-order valence-electron chi connectivity index (χ0n) is 19.1. The average Bonchev–Trinajstić information content (AvgIpc) is 2.80. The van der Waals surface area contributed by atoms with Crippen LogP contribution >= 0.6 is 0 Å². The molecule has 0 spiro atoms. The maximum absolute atomic E-state index is 12.4. The standard InChI is InChI=1S/C28H36O4/c29-27(31-24-17-11-6-4-2-1-3-5-7-12-18-24)21-22-28(30)32-26-20-14-13-19-25(26)23-15-9-8-10-16-23/h8-10,13-16,19-20,24H,1-7,11-12,17-18,21-22H2. The van der Waals surface area contributed by atoms with Gasteiger partial charge in [0.05, 0.1) is 12.8 Å². The lowest BCUT2D eigenvalue weighted by Gasteiger charge is -2.18. The number of benzene rings is 2. The van der Waals surface area contributed by atoms with Crippen molar-refractivity contribution < 1.29 is 19.1 Å². The molecule has 1 saturated carbocycles. The lowest BCUT2D eigenvalue weighted by molar-refractivity contribution is -0.152. The van der Waals surface area contributed by atoms with Gasteiger partial charge in [0.1, 0.15) is 11.9 Å². The van der Waals surface area contributed by atoms with E-state index < -0.39 is 5.97 Å². The number of carbonyl (C=O) groups is 2. The molecule has 0 heterocycles. The molecule has 0 aliphatic heterocycles. The highest BCUT2D eigenvalue weighted by molar-refractivity contribution is 5.81. The lowest BCUT2D eigenvalue weighted by Crippen LogP contribution is -2.20. The second-order valence-corrected chi connectivity index (χ2v) is 8.71. The van der Waals surface area contributed by atoms with Gasteiger partial charge in [0.2, 0.25) is 0 Å². The number of hydrogen-bond donors (Lipinski definition) is 0. The van der Waals surface area contributed by atoms with Crippen molar-refractivity contribution in [3.05, 3.63) is 54.6 Å². The highest BCUT2D eigenvalue weighted by atomic mass is 16.5. The van der Waals surface area contributed by atoms with Crippen molar-refractivity contribution in [2.45, 2.75) is 89.6 Å². The first-order valence-electron chi connectivity index (χ1n) is 12.3. The van der Waals surface area contributed by atoms with Gasteiger partial charge in [-0.2, -0.15) is 0 Å². The Balaban J connectivity index is 1.46. The molecule has 0 bridgehead atoms. The molecule has 32 heavy (non-hydrogen) atoms. The number of rotatable bonds is 6. The predicted octanol–water partition coefficient (Wildman–Crippen LogP) is 7.26. The van der Waals surface area contributed by atoms with Gasteiger partial charge in [0.15, 0.2) is 0 Å². The number of para-hydroxylation sites is 1. The quantitative estimate of drug-likeness (QED) is 0.353. The molecule has 1 aliphatic rings. The number of hydrogen-bond acceptors (Lipinski definition) is 4. The summed E-state index contributed by atoms with van der Waals surface area (Å²) in [5, 5.41) is 0. The van der Waals surface area contributed by atoms with Crippen LogP contribution in [0, 0.1) is 0 Å². The summed E-state index contributed by atoms with van der Waals surface area (Å²) >= 11 is 0. The van der Waals surface area contributed by atoms with Crippen LogP contribution < -0.4 is 4.74 Å². The molecule has 0 atom stereocenters. The first kappa shape index (κ1) is 24.0. The van der Waals surface area contributed by atoms with Crippen LogP contribution in [0.3, 0.4) is 0 Å². The number of carbonyl (C=O) groups excluding carboxylic acids is 2. The van der Waals surface area contributed by atoms with Gasteiger partial charge in [0.25, 0.3) is 0 Å². The Hall–Kier alpha value is -2.62. The van der Waals surface area contributed by atoms with Gasteiger partial charge in [-0.3, -0.25) is 9.59 Å². The molecular formula is C28H36O4. The van der Waals surface area contributed by atoms with E-state index in [9.17, 15) is 9.59 Å². The smallest absolute Gasteiger partial charge is 0.311 e. The minimum Gasteiger partial charge on any atom is -0.462 e. The van der Waals surface area contributed by atoms with Crippen LogP contribution in [0.5, 0.6) is 5.75 Å². The van der Waals surface area contributed by atoms with Crippen molar-refractivity contribution in [1.29, 1.82) is 0 Å². The summed E-state index contributed by atoms with van der Waals surface area (Å²) < 4.78 is 11.3. The Bertz CT molecular complexity index is 818. The minimum absolute atomic E-state index is 0.0169. The summed E-state index contributed by atoms with van der Waals surface area (Å²) in [7, 11) is 0. The van der Waals surface area contributed by atoms with Crippen molar-refractivity contribution in [3.63, 3.8) is 0 Å². The lowest BCUT2D eigenvalue weighted by atomic mass is 9.99. The van der Waals surface area contributed by atoms with E-state index in [1.54, 1.807) is 6.07 Å². The molecule has 0 amide bonds. The van der Waals surface area contributed by atoms with Gasteiger partial charge in [-0.1, -0.05) is 93.5 Å². The zero-order chi connectivity index (χ0) is 22.4. The first-order chi connectivity index (χ1) is 15.7. The summed E-state index contributed by atoms with van der Waals surface area (Å²) in [5.74, 6) is -0.198. The average molecular weight is 437 g/mol. The van der Waals surface area contributed by atoms with Crippen molar-refractivity contribution in [1.82, 2.24) is 0 Å². The molecule has 0 saturated heterocycles. The molecule has 3 rings (SSSR count). The van der Waals surface area contributed by atoms with Gasteiger partial charge in [-0.05, 0) is 37.3 Å². The molecule has 0 aromatic heterocycles. The van der Waals surface area contributed by atoms with Crippen LogP contribution in [0.15, 0.2) is 54.6 Å². The SMILES string of the molecule is O=C(CCC(=O)OC1CCCCCCCCCCC1)Oc1ccccc1-c1ccccc1. The topological polar surface area (TPSA) is 52.6 Å². The van der Waals surface area contributed by atoms with Gasteiger partial charge >= 0.3 is 11.9 Å². The second-order valence-electron chi connectivity index (χ2n) is 8.71. The van der Waals surface area contributed by atoms with Crippen LogP contribution in [-0.2, 0) is 14.3 Å². The second kappa shape index (κ2) is 13.7. The van der Waals surface area contributed by atoms with Gasteiger partial charge < -0.3 is 9.47 Å². The molecule has 172 valence electrons. The third kappa shape index (κ3) is 8.49. The number of esters is 2. The summed E-state index contributed by atoms with van der Waals surface area (Å²) in [6, 6.07) is 17.3. The highest BCUT2D eigenvalue weighted by Crippen LogP contribution is 2.30. The first-order valence-corrected chi connectivity index (χ1v) is 12.3. The highest BCUT2D eigenvalue weighted by Gasteiger charge is 2.17. The summed E-state index contributed by atoms with van der Waals surface area (Å²) in [4.78, 5) is 24.8. The fraction of sp³-hybridized carbons (Fsp3) is 0.500. The van der Waals surface area contributed by atoms with E-state index in [1.165, 1.54) is 44.9 Å². The van der Waals surface area contributed by atoms with E-state index in [0.29, 0.717) is 5.75 Å².